The first kappa shape index (κ1) is 14.1. The van der Waals surface area contributed by atoms with Crippen molar-refractivity contribution in [1.29, 1.82) is 0 Å². The average molecular weight is 233 g/mol. The molecule has 15 heavy (non-hydrogen) atoms. The van der Waals surface area contributed by atoms with Gasteiger partial charge in [-0.25, -0.2) is 0 Å². The SMILES string of the molecule is CCSCCC(C)NC(=O)CC(N)=NO. The standard InChI is InChI=1S/C9H19N3O2S/c1-3-15-5-4-7(2)11-9(13)6-8(10)12-14/h7,14H,3-6H2,1-2H3,(H2,10,12)(H,11,13). The van der Waals surface area contributed by atoms with E-state index in [0.717, 1.165) is 17.9 Å². The van der Waals surface area contributed by atoms with E-state index in [-0.39, 0.29) is 24.2 Å². The first-order chi connectivity index (χ1) is 7.10. The minimum atomic E-state index is -0.209. The average Bonchev–Trinajstić information content (AvgIpc) is 2.17. The van der Waals surface area contributed by atoms with Crippen molar-refractivity contribution in [2.45, 2.75) is 32.7 Å². The summed E-state index contributed by atoms with van der Waals surface area (Å²) in [5, 5.41) is 13.8. The van der Waals surface area contributed by atoms with Gasteiger partial charge in [0.1, 0.15) is 5.84 Å². The molecule has 0 saturated carbocycles. The zero-order valence-electron chi connectivity index (χ0n) is 9.19. The number of carbonyl (C=O) groups is 1. The summed E-state index contributed by atoms with van der Waals surface area (Å²) in [7, 11) is 0. The molecule has 88 valence electrons. The van der Waals surface area contributed by atoms with E-state index < -0.39 is 0 Å². The maximum absolute atomic E-state index is 11.3. The molecule has 1 unspecified atom stereocenters. The number of hydrogen-bond acceptors (Lipinski definition) is 4. The minimum absolute atomic E-state index is 0.0538. The molecule has 0 spiro atoms. The van der Waals surface area contributed by atoms with Crippen LogP contribution >= 0.6 is 11.8 Å². The lowest BCUT2D eigenvalue weighted by atomic mass is 10.2. The van der Waals surface area contributed by atoms with E-state index in [1.807, 2.05) is 18.7 Å². The van der Waals surface area contributed by atoms with Crippen LogP contribution in [-0.4, -0.2) is 34.5 Å². The summed E-state index contributed by atoms with van der Waals surface area (Å²) >= 11 is 1.84. The van der Waals surface area contributed by atoms with Gasteiger partial charge >= 0.3 is 0 Å². The van der Waals surface area contributed by atoms with E-state index in [2.05, 4.69) is 17.4 Å². The van der Waals surface area contributed by atoms with Crippen LogP contribution in [0.1, 0.15) is 26.7 Å². The van der Waals surface area contributed by atoms with Gasteiger partial charge in [0.15, 0.2) is 0 Å². The third-order valence-electron chi connectivity index (χ3n) is 1.78. The molecule has 0 aromatic carbocycles. The number of oxime groups is 1. The summed E-state index contributed by atoms with van der Waals surface area (Å²) in [5.41, 5.74) is 5.21. The van der Waals surface area contributed by atoms with Crippen molar-refractivity contribution in [3.05, 3.63) is 0 Å². The van der Waals surface area contributed by atoms with Crippen LogP contribution in [0.4, 0.5) is 0 Å². The fourth-order valence-electron chi connectivity index (χ4n) is 1.00. The van der Waals surface area contributed by atoms with Crippen molar-refractivity contribution in [2.75, 3.05) is 11.5 Å². The molecule has 0 aromatic rings. The van der Waals surface area contributed by atoms with E-state index in [4.69, 9.17) is 10.9 Å². The van der Waals surface area contributed by atoms with Gasteiger partial charge in [-0.2, -0.15) is 11.8 Å². The van der Waals surface area contributed by atoms with Gasteiger partial charge in [0.05, 0.1) is 6.42 Å². The summed E-state index contributed by atoms with van der Waals surface area (Å²) in [6.45, 7) is 4.05. The van der Waals surface area contributed by atoms with Gasteiger partial charge < -0.3 is 16.3 Å². The van der Waals surface area contributed by atoms with Crippen molar-refractivity contribution in [1.82, 2.24) is 5.32 Å². The van der Waals surface area contributed by atoms with Crippen LogP contribution in [0.25, 0.3) is 0 Å². The van der Waals surface area contributed by atoms with Crippen LogP contribution in [0.2, 0.25) is 0 Å². The van der Waals surface area contributed by atoms with Gasteiger partial charge in [0.2, 0.25) is 5.91 Å². The third kappa shape index (κ3) is 8.11. The summed E-state index contributed by atoms with van der Waals surface area (Å²) in [6.07, 6.45) is 0.877. The Bertz CT molecular complexity index is 221. The fraction of sp³-hybridized carbons (Fsp3) is 0.778. The van der Waals surface area contributed by atoms with E-state index in [0.29, 0.717) is 0 Å². The zero-order chi connectivity index (χ0) is 11.7. The van der Waals surface area contributed by atoms with Crippen molar-refractivity contribution >= 4 is 23.5 Å². The molecule has 1 atom stereocenters. The monoisotopic (exact) mass is 233 g/mol. The Morgan fingerprint density at radius 1 is 1.67 bits per heavy atom. The zero-order valence-corrected chi connectivity index (χ0v) is 10.0. The van der Waals surface area contributed by atoms with Crippen LogP contribution in [0.3, 0.4) is 0 Å². The first-order valence-electron chi connectivity index (χ1n) is 4.93. The number of nitrogens with two attached hydrogens (primary N) is 1. The molecule has 6 heteroatoms. The number of rotatable bonds is 7. The largest absolute Gasteiger partial charge is 0.409 e. The predicted octanol–water partition coefficient (Wildman–Crippen LogP) is 0.771. The van der Waals surface area contributed by atoms with E-state index in [1.165, 1.54) is 0 Å². The van der Waals surface area contributed by atoms with Gasteiger partial charge in [-0.15, -0.1) is 0 Å². The molecule has 0 radical (unpaired) electrons. The second-order valence-electron chi connectivity index (χ2n) is 3.22. The van der Waals surface area contributed by atoms with Crippen molar-refractivity contribution in [3.8, 4) is 0 Å². The molecule has 1 amide bonds. The summed E-state index contributed by atoms with van der Waals surface area (Å²) < 4.78 is 0. The summed E-state index contributed by atoms with van der Waals surface area (Å²) in [6, 6.07) is 0.128. The van der Waals surface area contributed by atoms with Crippen LogP contribution in [0, 0.1) is 0 Å². The number of hydrogen-bond donors (Lipinski definition) is 3. The van der Waals surface area contributed by atoms with E-state index in [1.54, 1.807) is 0 Å². The maximum atomic E-state index is 11.3. The molecule has 0 aliphatic heterocycles. The molecule has 0 aliphatic carbocycles. The van der Waals surface area contributed by atoms with Gasteiger partial charge in [-0.1, -0.05) is 12.1 Å². The highest BCUT2D eigenvalue weighted by molar-refractivity contribution is 7.99. The van der Waals surface area contributed by atoms with Gasteiger partial charge in [0.25, 0.3) is 0 Å². The Labute approximate surface area is 94.5 Å². The molecule has 0 bridgehead atoms. The quantitative estimate of drug-likeness (QED) is 0.199. The normalized spacial score (nSPS) is 13.6. The molecule has 0 rings (SSSR count). The lowest BCUT2D eigenvalue weighted by Gasteiger charge is -2.12. The highest BCUT2D eigenvalue weighted by Gasteiger charge is 2.08. The number of nitrogens with zero attached hydrogens (tertiary/aromatic N) is 1. The minimum Gasteiger partial charge on any atom is -0.409 e. The molecular formula is C9H19N3O2S. The van der Waals surface area contributed by atoms with Crippen molar-refractivity contribution in [3.63, 3.8) is 0 Å². The molecular weight excluding hydrogens is 214 g/mol. The summed E-state index contributed by atoms with van der Waals surface area (Å²) in [5.74, 6) is 1.84. The highest BCUT2D eigenvalue weighted by Crippen LogP contribution is 2.03. The van der Waals surface area contributed by atoms with Crippen molar-refractivity contribution < 1.29 is 10.0 Å². The fourth-order valence-corrected chi connectivity index (χ4v) is 1.81. The number of amides is 1. The number of thioether (sulfide) groups is 1. The predicted molar refractivity (Wildman–Crippen MR) is 63.2 cm³/mol. The number of nitrogens with one attached hydrogen (secondary N) is 1. The Balaban J connectivity index is 3.67. The molecule has 0 saturated heterocycles. The van der Waals surface area contributed by atoms with Gasteiger partial charge in [-0.05, 0) is 24.9 Å². The number of amidine groups is 1. The van der Waals surface area contributed by atoms with Crippen LogP contribution in [-0.2, 0) is 4.79 Å². The summed E-state index contributed by atoms with van der Waals surface area (Å²) in [4.78, 5) is 11.3. The first-order valence-corrected chi connectivity index (χ1v) is 6.09. The third-order valence-corrected chi connectivity index (χ3v) is 2.71. The van der Waals surface area contributed by atoms with E-state index >= 15 is 0 Å². The lowest BCUT2D eigenvalue weighted by Crippen LogP contribution is -2.35. The smallest absolute Gasteiger partial charge is 0.227 e. The molecule has 4 N–H and O–H groups in total. The van der Waals surface area contributed by atoms with Crippen LogP contribution < -0.4 is 11.1 Å². The molecule has 0 heterocycles. The van der Waals surface area contributed by atoms with E-state index in [9.17, 15) is 4.79 Å². The molecule has 0 aromatic heterocycles. The second-order valence-corrected chi connectivity index (χ2v) is 4.62. The lowest BCUT2D eigenvalue weighted by molar-refractivity contribution is -0.120. The number of carbonyl (C=O) groups excluding carboxylic acids is 1. The topological polar surface area (TPSA) is 87.7 Å². The molecule has 5 nitrogen and oxygen atoms in total. The maximum Gasteiger partial charge on any atom is 0.227 e. The Morgan fingerprint density at radius 2 is 2.33 bits per heavy atom. The van der Waals surface area contributed by atoms with Crippen LogP contribution in [0.15, 0.2) is 5.16 Å². The molecule has 0 aliphatic rings. The highest BCUT2D eigenvalue weighted by atomic mass is 32.2. The Hall–Kier alpha value is -0.910. The second kappa shape index (κ2) is 8.40. The van der Waals surface area contributed by atoms with Gasteiger partial charge in [0, 0.05) is 6.04 Å². The Kier molecular flexibility index (Phi) is 7.89. The van der Waals surface area contributed by atoms with Crippen LogP contribution in [0.5, 0.6) is 0 Å². The van der Waals surface area contributed by atoms with Gasteiger partial charge in [-0.3, -0.25) is 4.79 Å². The van der Waals surface area contributed by atoms with Crippen molar-refractivity contribution in [2.24, 2.45) is 10.9 Å². The molecule has 0 fully saturated rings. The Morgan fingerprint density at radius 3 is 2.87 bits per heavy atom.